The van der Waals surface area contributed by atoms with E-state index in [4.69, 9.17) is 4.84 Å². The molecule has 1 aromatic rings. The third-order valence-corrected chi connectivity index (χ3v) is 3.26. The number of alkyl halides is 1. The SMILES string of the molecule is O=C(CBr)NCCC1C(=O)NOc2ccccc21. The molecule has 0 bridgehead atoms. The van der Waals surface area contributed by atoms with Crippen molar-refractivity contribution in [1.29, 1.82) is 0 Å². The Labute approximate surface area is 113 Å². The monoisotopic (exact) mass is 312 g/mol. The number of hydroxylamine groups is 1. The van der Waals surface area contributed by atoms with E-state index in [0.717, 1.165) is 5.56 Å². The predicted molar refractivity (Wildman–Crippen MR) is 69.4 cm³/mol. The van der Waals surface area contributed by atoms with E-state index in [1.165, 1.54) is 0 Å². The number of rotatable bonds is 4. The third kappa shape index (κ3) is 2.81. The first kappa shape index (κ1) is 12.9. The molecule has 0 saturated heterocycles. The summed E-state index contributed by atoms with van der Waals surface area (Å²) in [6, 6.07) is 7.38. The van der Waals surface area contributed by atoms with E-state index in [1.54, 1.807) is 6.07 Å². The van der Waals surface area contributed by atoms with Gasteiger partial charge in [-0.3, -0.25) is 9.59 Å². The zero-order valence-electron chi connectivity index (χ0n) is 9.61. The van der Waals surface area contributed by atoms with Crippen LogP contribution >= 0.6 is 15.9 Å². The Morgan fingerprint density at radius 2 is 2.22 bits per heavy atom. The van der Waals surface area contributed by atoms with Gasteiger partial charge in [-0.15, -0.1) is 0 Å². The van der Waals surface area contributed by atoms with E-state index in [-0.39, 0.29) is 23.1 Å². The number of benzene rings is 1. The van der Waals surface area contributed by atoms with Gasteiger partial charge < -0.3 is 10.2 Å². The Bertz CT molecular complexity index is 464. The van der Waals surface area contributed by atoms with Gasteiger partial charge in [0.2, 0.25) is 5.91 Å². The molecule has 0 spiro atoms. The highest BCUT2D eigenvalue weighted by molar-refractivity contribution is 9.09. The Balaban J connectivity index is 2.03. The number of halogens is 1. The van der Waals surface area contributed by atoms with Gasteiger partial charge in [0, 0.05) is 12.1 Å². The Morgan fingerprint density at radius 3 is 3.00 bits per heavy atom. The second-order valence-electron chi connectivity index (χ2n) is 3.93. The van der Waals surface area contributed by atoms with Gasteiger partial charge in [-0.2, -0.15) is 5.48 Å². The highest BCUT2D eigenvalue weighted by Crippen LogP contribution is 2.31. The summed E-state index contributed by atoms with van der Waals surface area (Å²) in [6.07, 6.45) is 0.547. The lowest BCUT2D eigenvalue weighted by Gasteiger charge is -2.24. The van der Waals surface area contributed by atoms with Gasteiger partial charge in [0.15, 0.2) is 5.75 Å². The molecule has 0 fully saturated rings. The zero-order chi connectivity index (χ0) is 13.0. The van der Waals surface area contributed by atoms with Crippen LogP contribution in [0.4, 0.5) is 0 Å². The van der Waals surface area contributed by atoms with Gasteiger partial charge in [0.05, 0.1) is 11.2 Å². The molecule has 1 aromatic carbocycles. The number of nitrogens with one attached hydrogen (secondary N) is 2. The molecule has 0 aromatic heterocycles. The molecule has 0 aliphatic carbocycles. The fourth-order valence-electron chi connectivity index (χ4n) is 1.87. The Hall–Kier alpha value is -1.56. The lowest BCUT2D eigenvalue weighted by molar-refractivity contribution is -0.131. The van der Waals surface area contributed by atoms with E-state index in [0.29, 0.717) is 18.7 Å². The molecule has 96 valence electrons. The molecule has 1 heterocycles. The molecule has 2 amide bonds. The van der Waals surface area contributed by atoms with E-state index in [9.17, 15) is 9.59 Å². The van der Waals surface area contributed by atoms with Crippen LogP contribution < -0.4 is 15.6 Å². The molecule has 1 aliphatic rings. The van der Waals surface area contributed by atoms with Crippen LogP contribution in [0.25, 0.3) is 0 Å². The normalized spacial score (nSPS) is 17.4. The maximum atomic E-state index is 11.7. The minimum atomic E-state index is -0.287. The fourth-order valence-corrected chi connectivity index (χ4v) is 2.07. The van der Waals surface area contributed by atoms with Crippen LogP contribution in [0.1, 0.15) is 17.9 Å². The highest BCUT2D eigenvalue weighted by atomic mass is 79.9. The fraction of sp³-hybridized carbons (Fsp3) is 0.333. The number of amides is 2. The second kappa shape index (κ2) is 5.86. The van der Waals surface area contributed by atoms with Crippen LogP contribution in [0.2, 0.25) is 0 Å². The number of hydrogen-bond donors (Lipinski definition) is 2. The predicted octanol–water partition coefficient (Wildman–Crippen LogP) is 1.09. The maximum absolute atomic E-state index is 11.7. The van der Waals surface area contributed by atoms with Gasteiger partial charge in [0.1, 0.15) is 0 Å². The molecular formula is C12H13BrN2O3. The number of carbonyl (C=O) groups is 2. The van der Waals surface area contributed by atoms with E-state index < -0.39 is 0 Å². The van der Waals surface area contributed by atoms with Crippen molar-refractivity contribution in [3.63, 3.8) is 0 Å². The molecule has 2 rings (SSSR count). The average molecular weight is 313 g/mol. The topological polar surface area (TPSA) is 67.4 Å². The molecule has 5 nitrogen and oxygen atoms in total. The Kier molecular flexibility index (Phi) is 4.19. The summed E-state index contributed by atoms with van der Waals surface area (Å²) < 4.78 is 0. The number of fused-ring (bicyclic) bond motifs is 1. The second-order valence-corrected chi connectivity index (χ2v) is 4.49. The lowest BCUT2D eigenvalue weighted by Crippen LogP contribution is -2.38. The van der Waals surface area contributed by atoms with Gasteiger partial charge in [-0.05, 0) is 12.5 Å². The summed E-state index contributed by atoms with van der Waals surface area (Å²) in [5.41, 5.74) is 3.24. The van der Waals surface area contributed by atoms with Gasteiger partial charge >= 0.3 is 0 Å². The standard InChI is InChI=1S/C12H13BrN2O3/c13-7-11(16)14-6-5-9-8-3-1-2-4-10(8)18-15-12(9)17/h1-4,9H,5-7H2,(H,14,16)(H,15,17). The van der Waals surface area contributed by atoms with E-state index >= 15 is 0 Å². The first-order valence-electron chi connectivity index (χ1n) is 5.60. The Morgan fingerprint density at radius 1 is 1.44 bits per heavy atom. The first-order chi connectivity index (χ1) is 8.72. The molecule has 6 heteroatoms. The van der Waals surface area contributed by atoms with E-state index in [1.807, 2.05) is 18.2 Å². The summed E-state index contributed by atoms with van der Waals surface area (Å²) in [4.78, 5) is 28.0. The number of hydrogen-bond acceptors (Lipinski definition) is 3. The summed E-state index contributed by atoms with van der Waals surface area (Å²) in [6.45, 7) is 0.455. The van der Waals surface area contributed by atoms with Crippen LogP contribution in [-0.2, 0) is 9.59 Å². The highest BCUT2D eigenvalue weighted by Gasteiger charge is 2.28. The van der Waals surface area contributed by atoms with Crippen LogP contribution in [0, 0.1) is 0 Å². The van der Waals surface area contributed by atoms with Crippen molar-refractivity contribution >= 4 is 27.7 Å². The van der Waals surface area contributed by atoms with Crippen molar-refractivity contribution in [2.24, 2.45) is 0 Å². The molecule has 1 aliphatic heterocycles. The molecule has 1 unspecified atom stereocenters. The maximum Gasteiger partial charge on any atom is 0.260 e. The summed E-state index contributed by atoms with van der Waals surface area (Å²) in [5.74, 6) is 0.108. The smallest absolute Gasteiger partial charge is 0.260 e. The molecule has 0 radical (unpaired) electrons. The van der Waals surface area contributed by atoms with Crippen molar-refractivity contribution < 1.29 is 14.4 Å². The molecule has 1 atom stereocenters. The summed E-state index contributed by atoms with van der Waals surface area (Å²) in [7, 11) is 0. The lowest BCUT2D eigenvalue weighted by atomic mass is 9.93. The zero-order valence-corrected chi connectivity index (χ0v) is 11.2. The molecule has 0 saturated carbocycles. The summed E-state index contributed by atoms with van der Waals surface area (Å²) >= 11 is 3.07. The van der Waals surface area contributed by atoms with Gasteiger partial charge in [0.25, 0.3) is 5.91 Å². The summed E-state index contributed by atoms with van der Waals surface area (Å²) in [5, 5.41) is 2.99. The number of para-hydroxylation sites is 1. The van der Waals surface area contributed by atoms with Crippen LogP contribution in [0.15, 0.2) is 24.3 Å². The minimum Gasteiger partial charge on any atom is -0.379 e. The van der Waals surface area contributed by atoms with Gasteiger partial charge in [-0.25, -0.2) is 0 Å². The average Bonchev–Trinajstić information content (AvgIpc) is 2.41. The van der Waals surface area contributed by atoms with Crippen LogP contribution in [0.3, 0.4) is 0 Å². The minimum absolute atomic E-state index is 0.0873. The third-order valence-electron chi connectivity index (χ3n) is 2.75. The largest absolute Gasteiger partial charge is 0.379 e. The van der Waals surface area contributed by atoms with Crippen LogP contribution in [0.5, 0.6) is 5.75 Å². The van der Waals surface area contributed by atoms with Gasteiger partial charge in [-0.1, -0.05) is 34.1 Å². The van der Waals surface area contributed by atoms with Crippen molar-refractivity contribution in [3.05, 3.63) is 29.8 Å². The van der Waals surface area contributed by atoms with E-state index in [2.05, 4.69) is 26.7 Å². The quantitative estimate of drug-likeness (QED) is 0.818. The first-order valence-corrected chi connectivity index (χ1v) is 6.73. The van der Waals surface area contributed by atoms with Crippen molar-refractivity contribution in [3.8, 4) is 5.75 Å². The number of carbonyl (C=O) groups excluding carboxylic acids is 2. The van der Waals surface area contributed by atoms with Crippen molar-refractivity contribution in [1.82, 2.24) is 10.8 Å². The molecular weight excluding hydrogens is 300 g/mol. The van der Waals surface area contributed by atoms with Crippen molar-refractivity contribution in [2.75, 3.05) is 11.9 Å². The molecule has 2 N–H and O–H groups in total. The van der Waals surface area contributed by atoms with Crippen molar-refractivity contribution in [2.45, 2.75) is 12.3 Å². The molecule has 18 heavy (non-hydrogen) atoms. The van der Waals surface area contributed by atoms with Crippen LogP contribution in [-0.4, -0.2) is 23.7 Å².